The van der Waals surface area contributed by atoms with Gasteiger partial charge in [-0.05, 0) is 82.4 Å². The topological polar surface area (TPSA) is 99.2 Å². The van der Waals surface area contributed by atoms with Crippen molar-refractivity contribution in [3.63, 3.8) is 0 Å². The van der Waals surface area contributed by atoms with Crippen molar-refractivity contribution >= 4 is 68.9 Å². The lowest BCUT2D eigenvalue weighted by molar-refractivity contribution is -0.127. The Kier molecular flexibility index (Phi) is 7.01. The van der Waals surface area contributed by atoms with Gasteiger partial charge >= 0.3 is 0 Å². The van der Waals surface area contributed by atoms with Crippen molar-refractivity contribution in [1.82, 2.24) is 4.90 Å². The van der Waals surface area contributed by atoms with Crippen LogP contribution in [0.4, 0.5) is 16.2 Å². The minimum Gasteiger partial charge on any atom is -0.507 e. The summed E-state index contributed by atoms with van der Waals surface area (Å²) in [5.41, 5.74) is 2.32. The number of benzene rings is 2. The molecule has 0 aliphatic carbocycles. The number of thioether (sulfide) groups is 1. The van der Waals surface area contributed by atoms with Gasteiger partial charge in [0.1, 0.15) is 12.3 Å². The van der Waals surface area contributed by atoms with E-state index < -0.39 is 17.1 Å². The minimum atomic E-state index is -0.513. The second-order valence-corrected chi connectivity index (χ2v) is 9.33. The first-order chi connectivity index (χ1) is 15.4. The third kappa shape index (κ3) is 5.25. The highest BCUT2D eigenvalue weighted by atomic mass is 127. The summed E-state index contributed by atoms with van der Waals surface area (Å²) >= 11 is 2.77. The van der Waals surface area contributed by atoms with Crippen LogP contribution in [-0.4, -0.2) is 59.9 Å². The van der Waals surface area contributed by atoms with Crippen LogP contribution in [0.3, 0.4) is 0 Å². The number of phenols is 1. The molecule has 2 aromatic carbocycles. The number of phenolic OH excluding ortho intramolecular Hbond substituents is 1. The number of nitrogens with one attached hydrogen (secondary N) is 1. The van der Waals surface area contributed by atoms with Crippen LogP contribution in [0.25, 0.3) is 6.08 Å². The maximum Gasteiger partial charge on any atom is 0.294 e. The summed E-state index contributed by atoms with van der Waals surface area (Å²) in [7, 11) is 0. The average molecular weight is 565 g/mol. The molecule has 4 rings (SSSR count). The number of ether oxygens (including phenoxy) is 1. The van der Waals surface area contributed by atoms with Crippen molar-refractivity contribution in [3.8, 4) is 5.75 Å². The first-order valence-electron chi connectivity index (χ1n) is 9.87. The first-order valence-corrected chi connectivity index (χ1v) is 11.8. The van der Waals surface area contributed by atoms with Crippen LogP contribution in [0.15, 0.2) is 47.4 Å². The monoisotopic (exact) mass is 565 g/mol. The third-order valence-corrected chi connectivity index (χ3v) is 6.74. The van der Waals surface area contributed by atoms with E-state index in [1.165, 1.54) is 6.07 Å². The van der Waals surface area contributed by atoms with Crippen molar-refractivity contribution in [2.75, 3.05) is 43.1 Å². The number of hydrogen-bond acceptors (Lipinski definition) is 7. The van der Waals surface area contributed by atoms with Gasteiger partial charge < -0.3 is 20.1 Å². The molecular formula is C22H20IN3O5S. The second kappa shape index (κ2) is 9.92. The molecule has 2 heterocycles. The molecule has 10 heteroatoms. The molecule has 0 radical (unpaired) electrons. The highest BCUT2D eigenvalue weighted by Gasteiger charge is 2.36. The summed E-state index contributed by atoms with van der Waals surface area (Å²) in [5.74, 6) is -0.821. The Morgan fingerprint density at radius 2 is 1.88 bits per heavy atom. The molecule has 2 aromatic rings. The molecule has 8 nitrogen and oxygen atoms in total. The third-order valence-electron chi connectivity index (χ3n) is 4.97. The number of nitrogens with zero attached hydrogens (tertiary/aromatic N) is 2. The Labute approximate surface area is 202 Å². The van der Waals surface area contributed by atoms with E-state index in [0.29, 0.717) is 28.0 Å². The number of carbonyl (C=O) groups is 3. The summed E-state index contributed by atoms with van der Waals surface area (Å²) in [4.78, 5) is 40.8. The molecule has 32 heavy (non-hydrogen) atoms. The molecule has 3 amide bonds. The number of halogens is 1. The van der Waals surface area contributed by atoms with E-state index in [0.717, 1.165) is 35.4 Å². The van der Waals surface area contributed by atoms with E-state index in [-0.39, 0.29) is 17.2 Å². The van der Waals surface area contributed by atoms with Gasteiger partial charge in [-0.25, -0.2) is 0 Å². The molecule has 2 aliphatic heterocycles. The van der Waals surface area contributed by atoms with Crippen LogP contribution in [0.2, 0.25) is 0 Å². The fourth-order valence-electron chi connectivity index (χ4n) is 3.32. The second-order valence-electron chi connectivity index (χ2n) is 7.17. The summed E-state index contributed by atoms with van der Waals surface area (Å²) in [5, 5.41) is 11.9. The lowest BCUT2D eigenvalue weighted by Gasteiger charge is -2.28. The number of morpholine rings is 1. The van der Waals surface area contributed by atoms with Crippen LogP contribution in [-0.2, 0) is 14.3 Å². The molecular weight excluding hydrogens is 545 g/mol. The molecule has 166 valence electrons. The maximum atomic E-state index is 12.6. The van der Waals surface area contributed by atoms with Crippen LogP contribution in [0, 0.1) is 3.57 Å². The van der Waals surface area contributed by atoms with Gasteiger partial charge in [0.05, 0.1) is 21.7 Å². The van der Waals surface area contributed by atoms with E-state index in [4.69, 9.17) is 4.74 Å². The fourth-order valence-corrected chi connectivity index (χ4v) is 4.70. The summed E-state index contributed by atoms with van der Waals surface area (Å²) in [6.45, 7) is 2.66. The SMILES string of the molecule is O=C(CN1C(=O)S/C(=C\c2ccc(O)c(I)c2)C1=O)Nc1ccc(N2CCOCC2)cc1. The molecule has 2 N–H and O–H groups in total. The zero-order valence-corrected chi connectivity index (χ0v) is 19.9. The summed E-state index contributed by atoms with van der Waals surface area (Å²) in [6.07, 6.45) is 1.58. The number of amides is 3. The van der Waals surface area contributed by atoms with E-state index in [9.17, 15) is 19.5 Å². The van der Waals surface area contributed by atoms with Gasteiger partial charge in [-0.15, -0.1) is 0 Å². The van der Waals surface area contributed by atoms with Gasteiger partial charge in [0.2, 0.25) is 5.91 Å². The standard InChI is InChI=1S/C22H20IN3O5S/c23-17-11-14(1-6-18(17)27)12-19-21(29)26(22(30)32-19)13-20(28)24-15-2-4-16(5-3-15)25-7-9-31-10-8-25/h1-6,11-12,27H,7-10,13H2,(H,24,28)/b19-12-. The smallest absolute Gasteiger partial charge is 0.294 e. The van der Waals surface area contributed by atoms with E-state index in [2.05, 4.69) is 10.2 Å². The molecule has 2 saturated heterocycles. The first kappa shape index (κ1) is 22.6. The number of aromatic hydroxyl groups is 1. The zero-order valence-electron chi connectivity index (χ0n) is 16.9. The number of carbonyl (C=O) groups excluding carboxylic acids is 3. The van der Waals surface area contributed by atoms with E-state index in [1.54, 1.807) is 30.3 Å². The van der Waals surface area contributed by atoms with Gasteiger partial charge in [0.25, 0.3) is 11.1 Å². The molecule has 0 saturated carbocycles. The molecule has 2 aliphatic rings. The molecule has 2 fully saturated rings. The van der Waals surface area contributed by atoms with Crippen LogP contribution in [0.1, 0.15) is 5.56 Å². The predicted molar refractivity (Wildman–Crippen MR) is 132 cm³/mol. The van der Waals surface area contributed by atoms with Crippen molar-refractivity contribution in [1.29, 1.82) is 0 Å². The lowest BCUT2D eigenvalue weighted by atomic mass is 10.2. The molecule has 0 atom stereocenters. The van der Waals surface area contributed by atoms with Crippen molar-refractivity contribution in [2.24, 2.45) is 0 Å². The largest absolute Gasteiger partial charge is 0.507 e. The summed E-state index contributed by atoms with van der Waals surface area (Å²) < 4.78 is 5.99. The Balaban J connectivity index is 1.37. The lowest BCUT2D eigenvalue weighted by Crippen LogP contribution is -2.36. The van der Waals surface area contributed by atoms with Crippen molar-refractivity contribution in [2.45, 2.75) is 0 Å². The average Bonchev–Trinajstić information content (AvgIpc) is 3.04. The zero-order chi connectivity index (χ0) is 22.7. The van der Waals surface area contributed by atoms with Gasteiger partial charge in [0, 0.05) is 24.5 Å². The van der Waals surface area contributed by atoms with Gasteiger partial charge in [-0.3, -0.25) is 19.3 Å². The normalized spacial score (nSPS) is 17.8. The number of rotatable bonds is 5. The van der Waals surface area contributed by atoms with Crippen molar-refractivity contribution in [3.05, 3.63) is 56.5 Å². The Morgan fingerprint density at radius 1 is 1.16 bits per heavy atom. The van der Waals surface area contributed by atoms with Gasteiger partial charge in [-0.2, -0.15) is 0 Å². The number of imide groups is 1. The highest BCUT2D eigenvalue weighted by molar-refractivity contribution is 14.1. The maximum absolute atomic E-state index is 12.6. The Morgan fingerprint density at radius 3 is 2.56 bits per heavy atom. The number of hydrogen-bond donors (Lipinski definition) is 2. The van der Waals surface area contributed by atoms with E-state index >= 15 is 0 Å². The predicted octanol–water partition coefficient (Wildman–Crippen LogP) is 3.51. The Hall–Kier alpha value is -2.57. The van der Waals surface area contributed by atoms with Crippen LogP contribution in [0.5, 0.6) is 5.75 Å². The molecule has 0 bridgehead atoms. The Bertz CT molecular complexity index is 1080. The van der Waals surface area contributed by atoms with Gasteiger partial charge in [-0.1, -0.05) is 6.07 Å². The summed E-state index contributed by atoms with van der Waals surface area (Å²) in [6, 6.07) is 12.3. The quantitative estimate of drug-likeness (QED) is 0.423. The minimum absolute atomic E-state index is 0.144. The fraction of sp³-hybridized carbons (Fsp3) is 0.227. The molecule has 0 aromatic heterocycles. The van der Waals surface area contributed by atoms with E-state index in [1.807, 2.05) is 34.7 Å². The number of anilines is 2. The molecule has 0 spiro atoms. The van der Waals surface area contributed by atoms with Crippen molar-refractivity contribution < 1.29 is 24.2 Å². The highest BCUT2D eigenvalue weighted by Crippen LogP contribution is 2.33. The van der Waals surface area contributed by atoms with Gasteiger partial charge in [0.15, 0.2) is 0 Å². The van der Waals surface area contributed by atoms with Crippen LogP contribution < -0.4 is 10.2 Å². The molecule has 0 unspecified atom stereocenters. The van der Waals surface area contributed by atoms with Crippen LogP contribution >= 0.6 is 34.4 Å².